The first-order valence-electron chi connectivity index (χ1n) is 8.02. The van der Waals surface area contributed by atoms with Crippen molar-refractivity contribution < 1.29 is 4.74 Å². The van der Waals surface area contributed by atoms with Crippen LogP contribution in [0.25, 0.3) is 0 Å². The van der Waals surface area contributed by atoms with E-state index in [0.717, 1.165) is 31.8 Å². The molecule has 0 aliphatic rings. The molecule has 0 spiro atoms. The Morgan fingerprint density at radius 3 is 2.22 bits per heavy atom. The summed E-state index contributed by atoms with van der Waals surface area (Å²) in [4.78, 5) is 2.25. The van der Waals surface area contributed by atoms with E-state index < -0.39 is 0 Å². The summed E-state index contributed by atoms with van der Waals surface area (Å²) in [5.41, 5.74) is 2.51. The summed E-state index contributed by atoms with van der Waals surface area (Å²) in [7, 11) is 0. The minimum absolute atomic E-state index is 0.660. The highest BCUT2D eigenvalue weighted by atomic mass is 16.5. The van der Waals surface area contributed by atoms with E-state index in [1.807, 2.05) is 30.4 Å². The van der Waals surface area contributed by atoms with Crippen LogP contribution < -0.4 is 4.74 Å². The summed E-state index contributed by atoms with van der Waals surface area (Å²) in [5.74, 6) is 0.966. The third-order valence-corrected chi connectivity index (χ3v) is 3.65. The molecule has 0 saturated heterocycles. The van der Waals surface area contributed by atoms with Crippen LogP contribution in [0.1, 0.15) is 11.1 Å². The van der Waals surface area contributed by atoms with Gasteiger partial charge in [-0.15, -0.1) is 13.2 Å². The Morgan fingerprint density at radius 1 is 0.870 bits per heavy atom. The molecule has 120 valence electrons. The van der Waals surface area contributed by atoms with Gasteiger partial charge in [0.2, 0.25) is 0 Å². The van der Waals surface area contributed by atoms with E-state index in [1.54, 1.807) is 0 Å². The number of hydrogen-bond acceptors (Lipinski definition) is 2. The van der Waals surface area contributed by atoms with Crippen molar-refractivity contribution >= 4 is 0 Å². The molecule has 0 aliphatic heterocycles. The summed E-state index contributed by atoms with van der Waals surface area (Å²) in [6.07, 6.45) is 4.71. The van der Waals surface area contributed by atoms with Crippen molar-refractivity contribution in [2.45, 2.75) is 6.42 Å². The van der Waals surface area contributed by atoms with Gasteiger partial charge in [0.15, 0.2) is 0 Å². The van der Waals surface area contributed by atoms with Gasteiger partial charge in [-0.3, -0.25) is 4.90 Å². The Bertz CT molecular complexity index is 596. The summed E-state index contributed by atoms with van der Waals surface area (Å²) in [5, 5.41) is 0. The number of nitrogens with zero attached hydrogens (tertiary/aromatic N) is 1. The molecule has 2 aromatic carbocycles. The Kier molecular flexibility index (Phi) is 7.15. The molecule has 0 aromatic heterocycles. The summed E-state index contributed by atoms with van der Waals surface area (Å²) >= 11 is 0. The highest BCUT2D eigenvalue weighted by Gasteiger charge is 2.06. The molecule has 0 N–H and O–H groups in total. The topological polar surface area (TPSA) is 12.5 Å². The van der Waals surface area contributed by atoms with Crippen LogP contribution in [0.15, 0.2) is 79.9 Å². The molecular weight excluding hydrogens is 282 g/mol. The fourth-order valence-electron chi connectivity index (χ4n) is 2.51. The smallest absolute Gasteiger partial charge is 0.122 e. The first kappa shape index (κ1) is 17.0. The fraction of sp³-hybridized carbons (Fsp3) is 0.238. The van der Waals surface area contributed by atoms with Gasteiger partial charge in [0.1, 0.15) is 12.4 Å². The molecule has 0 heterocycles. The van der Waals surface area contributed by atoms with Crippen molar-refractivity contribution in [2.75, 3.05) is 26.2 Å². The van der Waals surface area contributed by atoms with Gasteiger partial charge in [-0.1, -0.05) is 60.7 Å². The van der Waals surface area contributed by atoms with Crippen LogP contribution >= 0.6 is 0 Å². The van der Waals surface area contributed by atoms with Crippen molar-refractivity contribution in [1.82, 2.24) is 4.90 Å². The molecule has 0 bridgehead atoms. The van der Waals surface area contributed by atoms with E-state index in [2.05, 4.69) is 54.5 Å². The molecule has 2 heteroatoms. The van der Waals surface area contributed by atoms with Crippen molar-refractivity contribution in [3.05, 3.63) is 91.0 Å². The Hall–Kier alpha value is -2.32. The van der Waals surface area contributed by atoms with Crippen LogP contribution in [-0.4, -0.2) is 31.1 Å². The lowest BCUT2D eigenvalue weighted by molar-refractivity contribution is 0.235. The first-order chi connectivity index (χ1) is 11.3. The average Bonchev–Trinajstić information content (AvgIpc) is 2.58. The number of benzene rings is 2. The molecule has 2 rings (SSSR count). The maximum absolute atomic E-state index is 6.02. The van der Waals surface area contributed by atoms with E-state index >= 15 is 0 Å². The average molecular weight is 307 g/mol. The van der Waals surface area contributed by atoms with Crippen LogP contribution in [0.3, 0.4) is 0 Å². The van der Waals surface area contributed by atoms with Crippen LogP contribution in [0.2, 0.25) is 0 Å². The lowest BCUT2D eigenvalue weighted by Crippen LogP contribution is -2.28. The predicted octanol–water partition coefficient (Wildman–Crippen LogP) is 4.33. The second-order valence-electron chi connectivity index (χ2n) is 5.46. The van der Waals surface area contributed by atoms with Crippen molar-refractivity contribution in [3.63, 3.8) is 0 Å². The van der Waals surface area contributed by atoms with E-state index in [1.165, 1.54) is 11.1 Å². The third kappa shape index (κ3) is 5.76. The lowest BCUT2D eigenvalue weighted by Gasteiger charge is -2.19. The Balaban J connectivity index is 1.94. The normalized spacial score (nSPS) is 10.5. The first-order valence-corrected chi connectivity index (χ1v) is 8.02. The molecular formula is C21H25NO. The zero-order chi connectivity index (χ0) is 16.3. The zero-order valence-corrected chi connectivity index (χ0v) is 13.7. The molecule has 0 radical (unpaired) electrons. The highest BCUT2D eigenvalue weighted by Crippen LogP contribution is 2.21. The van der Waals surface area contributed by atoms with Gasteiger partial charge in [0, 0.05) is 26.1 Å². The number of ether oxygens (including phenoxy) is 1. The van der Waals surface area contributed by atoms with E-state index in [9.17, 15) is 0 Å². The summed E-state index contributed by atoms with van der Waals surface area (Å²) < 4.78 is 6.02. The second-order valence-corrected chi connectivity index (χ2v) is 5.46. The standard InChI is InChI=1S/C21H25NO/c1-3-14-22(15-4-2)16-17-23-21-13-9-8-12-20(21)18-19-10-6-5-7-11-19/h3-13H,1-2,14-18H2. The molecule has 0 atom stereocenters. The SMILES string of the molecule is C=CCN(CC=C)CCOc1ccccc1Cc1ccccc1. The van der Waals surface area contributed by atoms with Gasteiger partial charge in [0.05, 0.1) is 0 Å². The molecule has 0 aliphatic carbocycles. The molecule has 0 unspecified atom stereocenters. The molecule has 2 nitrogen and oxygen atoms in total. The van der Waals surface area contributed by atoms with Gasteiger partial charge in [0.25, 0.3) is 0 Å². The monoisotopic (exact) mass is 307 g/mol. The van der Waals surface area contributed by atoms with Gasteiger partial charge in [-0.05, 0) is 17.2 Å². The molecule has 0 amide bonds. The molecule has 2 aromatic rings. The highest BCUT2D eigenvalue weighted by molar-refractivity contribution is 5.37. The Morgan fingerprint density at radius 2 is 1.52 bits per heavy atom. The van der Waals surface area contributed by atoms with Gasteiger partial charge >= 0.3 is 0 Å². The van der Waals surface area contributed by atoms with Crippen molar-refractivity contribution in [2.24, 2.45) is 0 Å². The largest absolute Gasteiger partial charge is 0.492 e. The van der Waals surface area contributed by atoms with Crippen LogP contribution in [0.4, 0.5) is 0 Å². The fourth-order valence-corrected chi connectivity index (χ4v) is 2.51. The van der Waals surface area contributed by atoms with Crippen LogP contribution in [0.5, 0.6) is 5.75 Å². The zero-order valence-electron chi connectivity index (χ0n) is 13.7. The van der Waals surface area contributed by atoms with Crippen LogP contribution in [-0.2, 0) is 6.42 Å². The van der Waals surface area contributed by atoms with Crippen molar-refractivity contribution in [1.29, 1.82) is 0 Å². The molecule has 0 fully saturated rings. The lowest BCUT2D eigenvalue weighted by atomic mass is 10.0. The van der Waals surface area contributed by atoms with Gasteiger partial charge < -0.3 is 4.74 Å². The van der Waals surface area contributed by atoms with Crippen molar-refractivity contribution in [3.8, 4) is 5.75 Å². The number of para-hydroxylation sites is 1. The van der Waals surface area contributed by atoms with Crippen LogP contribution in [0, 0.1) is 0 Å². The minimum Gasteiger partial charge on any atom is -0.492 e. The second kappa shape index (κ2) is 9.65. The predicted molar refractivity (Wildman–Crippen MR) is 98.0 cm³/mol. The van der Waals surface area contributed by atoms with E-state index in [-0.39, 0.29) is 0 Å². The Labute approximate surface area is 139 Å². The third-order valence-electron chi connectivity index (χ3n) is 3.65. The maximum Gasteiger partial charge on any atom is 0.122 e. The number of hydrogen-bond donors (Lipinski definition) is 0. The molecule has 0 saturated carbocycles. The minimum atomic E-state index is 0.660. The number of rotatable bonds is 10. The summed E-state index contributed by atoms with van der Waals surface area (Å²) in [6.45, 7) is 10.8. The van der Waals surface area contributed by atoms with E-state index in [0.29, 0.717) is 6.61 Å². The maximum atomic E-state index is 6.02. The van der Waals surface area contributed by atoms with Gasteiger partial charge in [-0.25, -0.2) is 0 Å². The van der Waals surface area contributed by atoms with Gasteiger partial charge in [-0.2, -0.15) is 0 Å². The molecule has 23 heavy (non-hydrogen) atoms. The van der Waals surface area contributed by atoms with E-state index in [4.69, 9.17) is 4.74 Å². The summed E-state index contributed by atoms with van der Waals surface area (Å²) in [6, 6.07) is 18.7. The quantitative estimate of drug-likeness (QED) is 0.606.